The lowest BCUT2D eigenvalue weighted by atomic mass is 10.1. The Labute approximate surface area is 119 Å². The Hall–Kier alpha value is -1.62. The molecule has 1 fully saturated rings. The van der Waals surface area contributed by atoms with Gasteiger partial charge < -0.3 is 10.9 Å². The summed E-state index contributed by atoms with van der Waals surface area (Å²) >= 11 is 0. The van der Waals surface area contributed by atoms with Crippen molar-refractivity contribution in [3.63, 3.8) is 0 Å². The van der Waals surface area contributed by atoms with Crippen molar-refractivity contribution in [2.75, 3.05) is 0 Å². The molecular formula is C15H22FN3O. The number of amidine groups is 1. The minimum atomic E-state index is -0.303. The lowest BCUT2D eigenvalue weighted by Crippen LogP contribution is -2.33. The summed E-state index contributed by atoms with van der Waals surface area (Å²) < 4.78 is 14.1. The Kier molecular flexibility index (Phi) is 4.60. The molecule has 0 bridgehead atoms. The van der Waals surface area contributed by atoms with Gasteiger partial charge in [0.1, 0.15) is 5.82 Å². The lowest BCUT2D eigenvalue weighted by molar-refractivity contribution is 0.187. The Morgan fingerprint density at radius 3 is 2.85 bits per heavy atom. The largest absolute Gasteiger partial charge is 0.409 e. The van der Waals surface area contributed by atoms with E-state index in [9.17, 15) is 4.39 Å². The molecule has 0 spiro atoms. The first-order valence-electron chi connectivity index (χ1n) is 7.08. The first-order valence-corrected chi connectivity index (χ1v) is 7.08. The predicted octanol–water partition coefficient (Wildman–Crippen LogP) is 2.68. The molecule has 0 saturated carbocycles. The fourth-order valence-electron chi connectivity index (χ4n) is 2.94. The van der Waals surface area contributed by atoms with Gasteiger partial charge in [0.25, 0.3) is 0 Å². The minimum Gasteiger partial charge on any atom is -0.409 e. The summed E-state index contributed by atoms with van der Waals surface area (Å²) in [7, 11) is 0. The molecule has 5 heteroatoms. The van der Waals surface area contributed by atoms with E-state index < -0.39 is 0 Å². The summed E-state index contributed by atoms with van der Waals surface area (Å²) in [6, 6.07) is 5.76. The molecule has 1 aromatic carbocycles. The van der Waals surface area contributed by atoms with Crippen LogP contribution in [0.2, 0.25) is 0 Å². The van der Waals surface area contributed by atoms with Crippen molar-refractivity contribution < 1.29 is 9.60 Å². The van der Waals surface area contributed by atoms with Gasteiger partial charge in [-0.1, -0.05) is 24.2 Å². The zero-order valence-electron chi connectivity index (χ0n) is 12.0. The summed E-state index contributed by atoms with van der Waals surface area (Å²) in [5, 5.41) is 11.5. The van der Waals surface area contributed by atoms with Crippen molar-refractivity contribution in [3.8, 4) is 0 Å². The van der Waals surface area contributed by atoms with Crippen LogP contribution < -0.4 is 5.73 Å². The Balaban J connectivity index is 2.17. The van der Waals surface area contributed by atoms with Gasteiger partial charge in [-0.15, -0.1) is 0 Å². The number of halogens is 1. The third-order valence-electron chi connectivity index (χ3n) is 4.23. The lowest BCUT2D eigenvalue weighted by Gasteiger charge is -2.27. The van der Waals surface area contributed by atoms with Crippen molar-refractivity contribution in [1.29, 1.82) is 0 Å². The maximum Gasteiger partial charge on any atom is 0.170 e. The van der Waals surface area contributed by atoms with E-state index in [1.807, 2.05) is 0 Å². The number of benzene rings is 1. The van der Waals surface area contributed by atoms with E-state index >= 15 is 0 Å². The molecule has 2 atom stereocenters. The Morgan fingerprint density at radius 1 is 1.50 bits per heavy atom. The SMILES string of the molecule is CCC1CCC(C)N1Cc1ccc(/C(N)=N/O)cc1F. The highest BCUT2D eigenvalue weighted by Gasteiger charge is 2.29. The van der Waals surface area contributed by atoms with Gasteiger partial charge in [-0.25, -0.2) is 4.39 Å². The van der Waals surface area contributed by atoms with Crippen LogP contribution in [0.5, 0.6) is 0 Å². The molecule has 2 unspecified atom stereocenters. The third kappa shape index (κ3) is 2.93. The zero-order chi connectivity index (χ0) is 14.7. The van der Waals surface area contributed by atoms with Crippen LogP contribution in [0.25, 0.3) is 0 Å². The molecule has 3 N–H and O–H groups in total. The van der Waals surface area contributed by atoms with Gasteiger partial charge in [0.05, 0.1) is 0 Å². The summed E-state index contributed by atoms with van der Waals surface area (Å²) in [6.07, 6.45) is 3.44. The molecule has 1 aliphatic heterocycles. The first kappa shape index (κ1) is 14.8. The summed E-state index contributed by atoms with van der Waals surface area (Å²) in [5.74, 6) is -0.375. The number of hydrogen-bond acceptors (Lipinski definition) is 3. The third-order valence-corrected chi connectivity index (χ3v) is 4.23. The van der Waals surface area contributed by atoms with Crippen LogP contribution in [0.3, 0.4) is 0 Å². The van der Waals surface area contributed by atoms with Crippen LogP contribution in [0.1, 0.15) is 44.2 Å². The molecule has 4 nitrogen and oxygen atoms in total. The van der Waals surface area contributed by atoms with Gasteiger partial charge in [-0.05, 0) is 32.3 Å². The van der Waals surface area contributed by atoms with Crippen molar-refractivity contribution in [3.05, 3.63) is 35.1 Å². The molecule has 0 aliphatic carbocycles. The summed E-state index contributed by atoms with van der Waals surface area (Å²) in [4.78, 5) is 2.36. The first-order chi connectivity index (χ1) is 9.56. The van der Waals surface area contributed by atoms with E-state index in [0.29, 0.717) is 29.8 Å². The van der Waals surface area contributed by atoms with Crippen molar-refractivity contribution in [2.24, 2.45) is 10.9 Å². The standard InChI is InChI=1S/C15H22FN3O/c1-3-13-7-4-10(2)19(13)9-12-6-5-11(8-14(12)16)15(17)18-20/h5-6,8,10,13,20H,3-4,7,9H2,1-2H3,(H2,17,18). The van der Waals surface area contributed by atoms with Gasteiger partial charge in [0.15, 0.2) is 5.84 Å². The van der Waals surface area contributed by atoms with E-state index in [2.05, 4.69) is 23.9 Å². The van der Waals surface area contributed by atoms with E-state index in [1.54, 1.807) is 12.1 Å². The van der Waals surface area contributed by atoms with E-state index in [0.717, 1.165) is 6.42 Å². The monoisotopic (exact) mass is 279 g/mol. The molecule has 1 aliphatic rings. The molecule has 110 valence electrons. The number of likely N-dealkylation sites (tertiary alicyclic amines) is 1. The number of nitrogens with zero attached hydrogens (tertiary/aromatic N) is 2. The van der Waals surface area contributed by atoms with Crippen LogP contribution in [-0.4, -0.2) is 28.0 Å². The average molecular weight is 279 g/mol. The molecule has 0 amide bonds. The van der Waals surface area contributed by atoms with E-state index in [4.69, 9.17) is 10.9 Å². The number of nitrogens with two attached hydrogens (primary N) is 1. The molecular weight excluding hydrogens is 257 g/mol. The number of hydrogen-bond donors (Lipinski definition) is 2. The van der Waals surface area contributed by atoms with Crippen molar-refractivity contribution >= 4 is 5.84 Å². The van der Waals surface area contributed by atoms with Gasteiger partial charge in [-0.2, -0.15) is 0 Å². The second kappa shape index (κ2) is 6.22. The fraction of sp³-hybridized carbons (Fsp3) is 0.533. The van der Waals surface area contributed by atoms with Gasteiger partial charge in [0.2, 0.25) is 0 Å². The smallest absolute Gasteiger partial charge is 0.170 e. The Morgan fingerprint density at radius 2 is 2.25 bits per heavy atom. The summed E-state index contributed by atoms with van der Waals surface area (Å²) in [5.41, 5.74) is 6.52. The van der Waals surface area contributed by atoms with Gasteiger partial charge in [0, 0.05) is 29.8 Å². The fourth-order valence-corrected chi connectivity index (χ4v) is 2.94. The van der Waals surface area contributed by atoms with E-state index in [-0.39, 0.29) is 11.7 Å². The maximum absolute atomic E-state index is 14.1. The topological polar surface area (TPSA) is 61.8 Å². The second-order valence-corrected chi connectivity index (χ2v) is 5.45. The van der Waals surface area contributed by atoms with Crippen LogP contribution in [0.4, 0.5) is 4.39 Å². The average Bonchev–Trinajstić information content (AvgIpc) is 2.80. The summed E-state index contributed by atoms with van der Waals surface area (Å²) in [6.45, 7) is 4.98. The number of oxime groups is 1. The Bertz CT molecular complexity index is 504. The highest BCUT2D eigenvalue weighted by atomic mass is 19.1. The van der Waals surface area contributed by atoms with Gasteiger partial charge >= 0.3 is 0 Å². The molecule has 1 heterocycles. The minimum absolute atomic E-state index is 0.0728. The molecule has 0 aromatic heterocycles. The second-order valence-electron chi connectivity index (χ2n) is 5.45. The molecule has 1 saturated heterocycles. The van der Waals surface area contributed by atoms with Crippen LogP contribution >= 0.6 is 0 Å². The van der Waals surface area contributed by atoms with Crippen LogP contribution in [-0.2, 0) is 6.54 Å². The van der Waals surface area contributed by atoms with Crippen molar-refractivity contribution in [2.45, 2.75) is 51.7 Å². The van der Waals surface area contributed by atoms with Crippen LogP contribution in [0, 0.1) is 5.82 Å². The molecule has 2 rings (SSSR count). The van der Waals surface area contributed by atoms with Gasteiger partial charge in [-0.3, -0.25) is 4.90 Å². The van der Waals surface area contributed by atoms with Crippen molar-refractivity contribution in [1.82, 2.24) is 4.90 Å². The molecule has 20 heavy (non-hydrogen) atoms. The highest BCUT2D eigenvalue weighted by molar-refractivity contribution is 5.97. The molecule has 1 aromatic rings. The predicted molar refractivity (Wildman–Crippen MR) is 77.2 cm³/mol. The van der Waals surface area contributed by atoms with Crippen LogP contribution in [0.15, 0.2) is 23.4 Å². The highest BCUT2D eigenvalue weighted by Crippen LogP contribution is 2.28. The van der Waals surface area contributed by atoms with E-state index in [1.165, 1.54) is 18.9 Å². The zero-order valence-corrected chi connectivity index (χ0v) is 12.0. The maximum atomic E-state index is 14.1. The quantitative estimate of drug-likeness (QED) is 0.385. The molecule has 0 radical (unpaired) electrons. The number of rotatable bonds is 4. The normalized spacial score (nSPS) is 24.2.